The predicted molar refractivity (Wildman–Crippen MR) is 45.9 cm³/mol. The van der Waals surface area contributed by atoms with Gasteiger partial charge < -0.3 is 5.32 Å². The lowest BCUT2D eigenvalue weighted by molar-refractivity contribution is -0.143. The Balaban J connectivity index is 1.97. The Hall–Kier alpha value is -0.580. The van der Waals surface area contributed by atoms with Crippen LogP contribution in [-0.4, -0.2) is 24.5 Å². The van der Waals surface area contributed by atoms with Crippen molar-refractivity contribution in [1.82, 2.24) is 5.32 Å². The zero-order chi connectivity index (χ0) is 10.6. The lowest BCUT2D eigenvalue weighted by atomic mass is 10.1. The van der Waals surface area contributed by atoms with Crippen LogP contribution in [0, 0.1) is 0 Å². The Labute approximate surface area is 80.9 Å². The van der Waals surface area contributed by atoms with Crippen molar-refractivity contribution in [2.24, 2.45) is 0 Å². The molecular formula is C9H14F3NO. The third kappa shape index (κ3) is 5.96. The number of carbonyl (C=O) groups excluding carboxylic acids is 1. The summed E-state index contributed by atoms with van der Waals surface area (Å²) in [5, 5.41) is 3.08. The first kappa shape index (κ1) is 11.5. The second-order valence-corrected chi connectivity index (χ2v) is 3.63. The van der Waals surface area contributed by atoms with Crippen molar-refractivity contribution < 1.29 is 18.0 Å². The van der Waals surface area contributed by atoms with E-state index in [1.165, 1.54) is 0 Å². The van der Waals surface area contributed by atoms with Crippen LogP contribution < -0.4 is 5.32 Å². The number of rotatable bonds is 6. The van der Waals surface area contributed by atoms with E-state index in [0.29, 0.717) is 12.6 Å². The first-order valence-electron chi connectivity index (χ1n) is 4.79. The smallest absolute Gasteiger partial charge is 0.314 e. The molecule has 5 heteroatoms. The molecule has 0 spiro atoms. The highest BCUT2D eigenvalue weighted by Gasteiger charge is 2.27. The van der Waals surface area contributed by atoms with Gasteiger partial charge in [0, 0.05) is 25.4 Å². The maximum atomic E-state index is 11.7. The second-order valence-electron chi connectivity index (χ2n) is 3.63. The zero-order valence-electron chi connectivity index (χ0n) is 7.86. The fourth-order valence-electron chi connectivity index (χ4n) is 1.11. The Bertz CT molecular complexity index is 199. The first-order chi connectivity index (χ1) is 6.47. The topological polar surface area (TPSA) is 29.1 Å². The maximum Gasteiger partial charge on any atom is 0.389 e. The molecule has 1 N–H and O–H groups in total. The monoisotopic (exact) mass is 209 g/mol. The largest absolute Gasteiger partial charge is 0.389 e. The van der Waals surface area contributed by atoms with Crippen molar-refractivity contribution in [2.45, 2.75) is 44.3 Å². The van der Waals surface area contributed by atoms with Crippen LogP contribution in [0.5, 0.6) is 0 Å². The van der Waals surface area contributed by atoms with E-state index in [2.05, 4.69) is 5.32 Å². The van der Waals surface area contributed by atoms with Crippen LogP contribution in [0.2, 0.25) is 0 Å². The highest BCUT2D eigenvalue weighted by Crippen LogP contribution is 2.22. The molecule has 1 rings (SSSR count). The molecule has 0 saturated heterocycles. The number of ketones is 1. The summed E-state index contributed by atoms with van der Waals surface area (Å²) in [6, 6.07) is 0.505. The number of Topliss-reactive ketones (excluding diaryl/α,β-unsaturated/α-hetero) is 1. The van der Waals surface area contributed by atoms with Crippen molar-refractivity contribution in [1.29, 1.82) is 0 Å². The minimum Gasteiger partial charge on any atom is -0.314 e. The van der Waals surface area contributed by atoms with E-state index in [0.717, 1.165) is 12.8 Å². The second kappa shape index (κ2) is 4.77. The average molecular weight is 209 g/mol. The molecule has 0 aromatic rings. The average Bonchev–Trinajstić information content (AvgIpc) is 2.83. The minimum atomic E-state index is -4.21. The van der Waals surface area contributed by atoms with Gasteiger partial charge >= 0.3 is 6.18 Å². The quantitative estimate of drug-likeness (QED) is 0.725. The van der Waals surface area contributed by atoms with Crippen molar-refractivity contribution in [2.75, 3.05) is 6.54 Å². The third-order valence-electron chi connectivity index (χ3n) is 2.10. The van der Waals surface area contributed by atoms with Crippen LogP contribution >= 0.6 is 0 Å². The molecule has 1 fully saturated rings. The summed E-state index contributed by atoms with van der Waals surface area (Å²) in [6.45, 7) is 0.515. The molecule has 0 aromatic carbocycles. The standard InChI is InChI=1S/C9H14F3NO/c10-9(11,12)5-3-8(14)4-6-13-7-1-2-7/h7,13H,1-6H2. The van der Waals surface area contributed by atoms with E-state index < -0.39 is 12.6 Å². The Morgan fingerprint density at radius 3 is 2.43 bits per heavy atom. The van der Waals surface area contributed by atoms with Gasteiger partial charge in [-0.3, -0.25) is 4.79 Å². The van der Waals surface area contributed by atoms with Gasteiger partial charge in [-0.15, -0.1) is 0 Å². The molecule has 1 saturated carbocycles. The predicted octanol–water partition coefficient (Wildman–Crippen LogP) is 2.04. The highest BCUT2D eigenvalue weighted by atomic mass is 19.4. The van der Waals surface area contributed by atoms with Gasteiger partial charge in [-0.25, -0.2) is 0 Å². The summed E-state index contributed by atoms with van der Waals surface area (Å²) in [4.78, 5) is 11.0. The molecule has 0 heterocycles. The van der Waals surface area contributed by atoms with Crippen LogP contribution in [0.4, 0.5) is 13.2 Å². The molecule has 0 radical (unpaired) electrons. The summed E-state index contributed by atoms with van der Waals surface area (Å²) in [5.41, 5.74) is 0. The molecule has 1 aliphatic carbocycles. The van der Waals surface area contributed by atoms with Gasteiger partial charge in [0.2, 0.25) is 0 Å². The Morgan fingerprint density at radius 1 is 1.29 bits per heavy atom. The number of carbonyl (C=O) groups is 1. The molecule has 0 amide bonds. The number of alkyl halides is 3. The fraction of sp³-hybridized carbons (Fsp3) is 0.889. The third-order valence-corrected chi connectivity index (χ3v) is 2.10. The summed E-state index contributed by atoms with van der Waals surface area (Å²) >= 11 is 0. The van der Waals surface area contributed by atoms with Crippen LogP contribution in [0.1, 0.15) is 32.1 Å². The normalized spacial score (nSPS) is 17.1. The van der Waals surface area contributed by atoms with Crippen LogP contribution in [0.15, 0.2) is 0 Å². The van der Waals surface area contributed by atoms with Gasteiger partial charge in [0.25, 0.3) is 0 Å². The highest BCUT2D eigenvalue weighted by molar-refractivity contribution is 5.78. The molecule has 0 aliphatic heterocycles. The van der Waals surface area contributed by atoms with Gasteiger partial charge in [0.1, 0.15) is 5.78 Å². The Morgan fingerprint density at radius 2 is 1.93 bits per heavy atom. The summed E-state index contributed by atoms with van der Waals surface area (Å²) in [5.74, 6) is -0.310. The maximum absolute atomic E-state index is 11.7. The van der Waals surface area contributed by atoms with Crippen molar-refractivity contribution in [3.05, 3.63) is 0 Å². The van der Waals surface area contributed by atoms with Crippen LogP contribution in [0.3, 0.4) is 0 Å². The Kier molecular flexibility index (Phi) is 3.92. The lowest BCUT2D eigenvalue weighted by Gasteiger charge is -2.05. The van der Waals surface area contributed by atoms with E-state index in [9.17, 15) is 18.0 Å². The van der Waals surface area contributed by atoms with Crippen molar-refractivity contribution in [3.8, 4) is 0 Å². The van der Waals surface area contributed by atoms with E-state index in [4.69, 9.17) is 0 Å². The van der Waals surface area contributed by atoms with Gasteiger partial charge in [-0.1, -0.05) is 0 Å². The van der Waals surface area contributed by atoms with E-state index >= 15 is 0 Å². The van der Waals surface area contributed by atoms with Gasteiger partial charge in [0.05, 0.1) is 6.42 Å². The summed E-state index contributed by atoms with van der Waals surface area (Å²) in [7, 11) is 0. The summed E-state index contributed by atoms with van der Waals surface area (Å²) in [6.07, 6.45) is -3.12. The van der Waals surface area contributed by atoms with Gasteiger partial charge in [-0.2, -0.15) is 13.2 Å². The molecule has 0 unspecified atom stereocenters. The van der Waals surface area contributed by atoms with E-state index in [1.807, 2.05) is 0 Å². The number of hydrogen-bond acceptors (Lipinski definition) is 2. The molecular weight excluding hydrogens is 195 g/mol. The van der Waals surface area contributed by atoms with Crippen LogP contribution in [-0.2, 0) is 4.79 Å². The molecule has 0 aromatic heterocycles. The number of nitrogens with one attached hydrogen (secondary N) is 1. The van der Waals surface area contributed by atoms with E-state index in [-0.39, 0.29) is 18.6 Å². The molecule has 0 bridgehead atoms. The molecule has 2 nitrogen and oxygen atoms in total. The van der Waals surface area contributed by atoms with Gasteiger partial charge in [-0.05, 0) is 12.8 Å². The number of halogens is 3. The minimum absolute atomic E-state index is 0.215. The molecule has 14 heavy (non-hydrogen) atoms. The first-order valence-corrected chi connectivity index (χ1v) is 4.79. The number of hydrogen-bond donors (Lipinski definition) is 1. The fourth-order valence-corrected chi connectivity index (χ4v) is 1.11. The molecule has 1 aliphatic rings. The SMILES string of the molecule is O=C(CCNC1CC1)CCC(F)(F)F. The van der Waals surface area contributed by atoms with Crippen molar-refractivity contribution >= 4 is 5.78 Å². The lowest BCUT2D eigenvalue weighted by Crippen LogP contribution is -2.21. The summed E-state index contributed by atoms with van der Waals surface area (Å²) < 4.78 is 35.1. The van der Waals surface area contributed by atoms with Crippen molar-refractivity contribution in [3.63, 3.8) is 0 Å². The van der Waals surface area contributed by atoms with Crippen LogP contribution in [0.25, 0.3) is 0 Å². The molecule has 82 valence electrons. The van der Waals surface area contributed by atoms with Gasteiger partial charge in [0.15, 0.2) is 0 Å². The van der Waals surface area contributed by atoms with E-state index in [1.54, 1.807) is 0 Å². The zero-order valence-corrected chi connectivity index (χ0v) is 7.86. The molecule has 0 atom stereocenters.